The Labute approximate surface area is 139 Å². The fraction of sp³-hybridized carbons (Fsp3) is 0.765. The number of anilines is 1. The van der Waals surface area contributed by atoms with E-state index >= 15 is 0 Å². The average molecular weight is 367 g/mol. The van der Waals surface area contributed by atoms with Crippen LogP contribution in [0.2, 0.25) is 0 Å². The first-order chi connectivity index (χ1) is 10.4. The van der Waals surface area contributed by atoms with Gasteiger partial charge in [-0.1, -0.05) is 21.1 Å². The van der Waals surface area contributed by atoms with E-state index in [9.17, 15) is 4.79 Å². The number of aryl methyl sites for hydroxylation is 2. The number of nitrogens with one attached hydrogen (secondary N) is 1. The van der Waals surface area contributed by atoms with Crippen LogP contribution in [0.25, 0.3) is 0 Å². The second kappa shape index (κ2) is 4.83. The van der Waals surface area contributed by atoms with Crippen molar-refractivity contribution < 1.29 is 9.32 Å². The van der Waals surface area contributed by atoms with E-state index in [4.69, 9.17) is 4.52 Å². The van der Waals surface area contributed by atoms with Crippen LogP contribution in [-0.4, -0.2) is 15.4 Å². The van der Waals surface area contributed by atoms with Crippen LogP contribution in [-0.2, 0) is 4.79 Å². The van der Waals surface area contributed by atoms with Crippen molar-refractivity contribution >= 4 is 27.5 Å². The molecule has 4 nitrogen and oxygen atoms in total. The van der Waals surface area contributed by atoms with E-state index in [1.165, 1.54) is 32.1 Å². The number of hydrogen-bond acceptors (Lipinski definition) is 3. The van der Waals surface area contributed by atoms with Gasteiger partial charge in [-0.25, -0.2) is 0 Å². The summed E-state index contributed by atoms with van der Waals surface area (Å²) in [6, 6.07) is 0. The fourth-order valence-electron chi connectivity index (χ4n) is 5.73. The van der Waals surface area contributed by atoms with Gasteiger partial charge in [-0.15, -0.1) is 0 Å². The standard InChI is InChI=1S/C17H23BrN2O2/c1-10-15(11(2)22-20-10)19-14(21)8-16-4-12-3-13(5-16)7-17(18,6-12)9-16/h12-13H,3-9H2,1-2H3,(H,19,21). The smallest absolute Gasteiger partial charge is 0.225 e. The Hall–Kier alpha value is -0.840. The predicted octanol–water partition coefficient (Wildman–Crippen LogP) is 4.35. The van der Waals surface area contributed by atoms with Gasteiger partial charge in [0.05, 0.1) is 0 Å². The number of carbonyl (C=O) groups is 1. The van der Waals surface area contributed by atoms with Gasteiger partial charge in [0.25, 0.3) is 0 Å². The summed E-state index contributed by atoms with van der Waals surface area (Å²) in [5, 5.41) is 6.95. The third-order valence-corrected chi connectivity index (χ3v) is 6.87. The maximum absolute atomic E-state index is 12.6. The van der Waals surface area contributed by atoms with Crippen LogP contribution < -0.4 is 5.32 Å². The lowest BCUT2D eigenvalue weighted by atomic mass is 9.48. The van der Waals surface area contributed by atoms with Crippen LogP contribution >= 0.6 is 15.9 Å². The molecular weight excluding hydrogens is 344 g/mol. The summed E-state index contributed by atoms with van der Waals surface area (Å²) >= 11 is 4.01. The Bertz CT molecular complexity index is 591. The first kappa shape index (κ1) is 14.7. The fourth-order valence-corrected chi connectivity index (χ4v) is 7.24. The number of halogens is 1. The molecule has 4 fully saturated rings. The number of rotatable bonds is 3. The highest BCUT2D eigenvalue weighted by Gasteiger charge is 2.57. The summed E-state index contributed by atoms with van der Waals surface area (Å²) in [4.78, 5) is 12.6. The van der Waals surface area contributed by atoms with Crippen LogP contribution in [0.4, 0.5) is 5.69 Å². The normalized spacial score (nSPS) is 39.2. The van der Waals surface area contributed by atoms with Crippen LogP contribution in [0, 0.1) is 31.1 Å². The molecule has 1 aromatic heterocycles. The van der Waals surface area contributed by atoms with Crippen molar-refractivity contribution in [2.75, 3.05) is 5.32 Å². The highest BCUT2D eigenvalue weighted by atomic mass is 79.9. The topological polar surface area (TPSA) is 55.1 Å². The largest absolute Gasteiger partial charge is 0.359 e. The summed E-state index contributed by atoms with van der Waals surface area (Å²) in [5.74, 6) is 2.43. The Morgan fingerprint density at radius 1 is 1.32 bits per heavy atom. The maximum atomic E-state index is 12.6. The monoisotopic (exact) mass is 366 g/mol. The van der Waals surface area contributed by atoms with Gasteiger partial charge in [0.15, 0.2) is 5.76 Å². The summed E-state index contributed by atoms with van der Waals surface area (Å²) in [6.45, 7) is 3.71. The van der Waals surface area contributed by atoms with Gasteiger partial charge >= 0.3 is 0 Å². The van der Waals surface area contributed by atoms with Gasteiger partial charge in [0.1, 0.15) is 11.4 Å². The predicted molar refractivity (Wildman–Crippen MR) is 88.0 cm³/mol. The van der Waals surface area contributed by atoms with Gasteiger partial charge in [0.2, 0.25) is 5.91 Å². The highest BCUT2D eigenvalue weighted by molar-refractivity contribution is 9.10. The van der Waals surface area contributed by atoms with E-state index < -0.39 is 0 Å². The molecule has 1 N–H and O–H groups in total. The molecule has 0 aliphatic heterocycles. The van der Waals surface area contributed by atoms with Gasteiger partial charge in [-0.05, 0) is 69.6 Å². The zero-order chi connectivity index (χ0) is 15.5. The molecule has 5 rings (SSSR count). The quantitative estimate of drug-likeness (QED) is 0.808. The lowest BCUT2D eigenvalue weighted by Gasteiger charge is -2.60. The van der Waals surface area contributed by atoms with E-state index in [1.54, 1.807) is 0 Å². The molecule has 1 aromatic rings. The van der Waals surface area contributed by atoms with Gasteiger partial charge in [-0.2, -0.15) is 0 Å². The molecular formula is C17H23BrN2O2. The molecule has 120 valence electrons. The van der Waals surface area contributed by atoms with Crippen molar-refractivity contribution in [3.05, 3.63) is 11.5 Å². The van der Waals surface area contributed by atoms with E-state index in [0.717, 1.165) is 29.6 Å². The number of amides is 1. The Morgan fingerprint density at radius 2 is 2.00 bits per heavy atom. The zero-order valence-corrected chi connectivity index (χ0v) is 14.8. The first-order valence-corrected chi connectivity index (χ1v) is 9.07. The molecule has 4 saturated carbocycles. The van der Waals surface area contributed by atoms with E-state index in [-0.39, 0.29) is 11.3 Å². The molecule has 0 spiro atoms. The summed E-state index contributed by atoms with van der Waals surface area (Å²) in [5.41, 5.74) is 1.72. The zero-order valence-electron chi connectivity index (χ0n) is 13.2. The van der Waals surface area contributed by atoms with Crippen molar-refractivity contribution in [1.29, 1.82) is 0 Å². The molecule has 0 saturated heterocycles. The van der Waals surface area contributed by atoms with Gasteiger partial charge < -0.3 is 9.84 Å². The minimum atomic E-state index is 0.118. The number of carbonyl (C=O) groups excluding carboxylic acids is 1. The molecule has 1 amide bonds. The second-order valence-electron chi connectivity index (χ2n) is 8.04. The molecule has 4 aliphatic carbocycles. The summed E-state index contributed by atoms with van der Waals surface area (Å²) in [6.07, 6.45) is 8.23. The lowest BCUT2D eigenvalue weighted by molar-refractivity contribution is -0.123. The molecule has 22 heavy (non-hydrogen) atoms. The van der Waals surface area contributed by atoms with Gasteiger partial charge in [-0.3, -0.25) is 4.79 Å². The molecule has 0 radical (unpaired) electrons. The SMILES string of the molecule is Cc1noc(C)c1NC(=O)CC12CC3CC(CC(Br)(C3)C1)C2. The van der Waals surface area contributed by atoms with Crippen molar-refractivity contribution in [2.45, 2.75) is 63.1 Å². The maximum Gasteiger partial charge on any atom is 0.225 e. The van der Waals surface area contributed by atoms with E-state index in [0.29, 0.717) is 16.5 Å². The van der Waals surface area contributed by atoms with Gasteiger partial charge in [0, 0.05) is 10.7 Å². The van der Waals surface area contributed by atoms with Crippen LogP contribution in [0.5, 0.6) is 0 Å². The molecule has 2 atom stereocenters. The van der Waals surface area contributed by atoms with Crippen LogP contribution in [0.1, 0.15) is 56.4 Å². The molecule has 4 bridgehead atoms. The van der Waals surface area contributed by atoms with Crippen LogP contribution in [0.15, 0.2) is 4.52 Å². The second-order valence-corrected chi connectivity index (χ2v) is 9.72. The Kier molecular flexibility index (Phi) is 3.23. The number of alkyl halides is 1. The van der Waals surface area contributed by atoms with E-state index in [2.05, 4.69) is 26.4 Å². The average Bonchev–Trinajstić information content (AvgIpc) is 2.66. The number of nitrogens with zero attached hydrogens (tertiary/aromatic N) is 1. The molecule has 2 unspecified atom stereocenters. The van der Waals surface area contributed by atoms with Crippen molar-refractivity contribution in [1.82, 2.24) is 5.16 Å². The minimum Gasteiger partial charge on any atom is -0.359 e. The van der Waals surface area contributed by atoms with Crippen molar-refractivity contribution in [2.24, 2.45) is 17.3 Å². The third-order valence-electron chi connectivity index (χ3n) is 5.94. The lowest BCUT2D eigenvalue weighted by Crippen LogP contribution is -2.53. The molecule has 5 heteroatoms. The van der Waals surface area contributed by atoms with Crippen molar-refractivity contribution in [3.8, 4) is 0 Å². The highest BCUT2D eigenvalue weighted by Crippen LogP contribution is 2.65. The minimum absolute atomic E-state index is 0.118. The van der Waals surface area contributed by atoms with E-state index in [1.807, 2.05) is 13.8 Å². The number of aromatic nitrogens is 1. The Balaban J connectivity index is 1.50. The Morgan fingerprint density at radius 3 is 2.55 bits per heavy atom. The molecule has 0 aromatic carbocycles. The van der Waals surface area contributed by atoms with Crippen molar-refractivity contribution in [3.63, 3.8) is 0 Å². The number of hydrogen-bond donors (Lipinski definition) is 1. The third kappa shape index (κ3) is 2.41. The summed E-state index contributed by atoms with van der Waals surface area (Å²) < 4.78 is 5.44. The molecule has 4 aliphatic rings. The molecule has 1 heterocycles. The first-order valence-electron chi connectivity index (χ1n) is 8.28. The van der Waals surface area contributed by atoms with Crippen LogP contribution in [0.3, 0.4) is 0 Å². The summed E-state index contributed by atoms with van der Waals surface area (Å²) in [7, 11) is 0.